The molecule has 4 rings (SSSR count). The Morgan fingerprint density at radius 3 is 2.45 bits per heavy atom. The smallest absolute Gasteiger partial charge is 0.257 e. The summed E-state index contributed by atoms with van der Waals surface area (Å²) >= 11 is 19.0. The number of amides is 1. The summed E-state index contributed by atoms with van der Waals surface area (Å²) in [7, 11) is 0. The largest absolute Gasteiger partial charge is 0.332 e. The van der Waals surface area contributed by atoms with E-state index in [1.165, 1.54) is 0 Å². The van der Waals surface area contributed by atoms with Gasteiger partial charge in [-0.3, -0.25) is 10.1 Å². The highest BCUT2D eigenvalue weighted by Gasteiger charge is 2.14. The molecular weight excluding hydrogens is 445 g/mol. The quantitative estimate of drug-likeness (QED) is 0.349. The molecule has 0 atom stereocenters. The Labute approximate surface area is 186 Å². The van der Waals surface area contributed by atoms with Crippen molar-refractivity contribution in [2.75, 3.05) is 5.32 Å². The molecule has 0 fully saturated rings. The van der Waals surface area contributed by atoms with Crippen molar-refractivity contribution in [1.82, 2.24) is 10.3 Å². The number of hydrogen-bond donors (Lipinski definition) is 2. The molecule has 4 aromatic rings. The molecule has 29 heavy (non-hydrogen) atoms. The Morgan fingerprint density at radius 2 is 1.69 bits per heavy atom. The third kappa shape index (κ3) is 4.57. The predicted molar refractivity (Wildman–Crippen MR) is 125 cm³/mol. The third-order valence-electron chi connectivity index (χ3n) is 4.09. The lowest BCUT2D eigenvalue weighted by atomic mass is 10.2. The Balaban J connectivity index is 1.58. The minimum Gasteiger partial charge on any atom is -0.332 e. The van der Waals surface area contributed by atoms with E-state index in [-0.39, 0.29) is 11.0 Å². The number of fused-ring (bicyclic) bond motifs is 1. The average molecular weight is 458 g/mol. The number of benzene rings is 3. The number of nitrogens with zero attached hydrogens (tertiary/aromatic N) is 1. The number of hydrogen-bond acceptors (Lipinski definition) is 4. The maximum Gasteiger partial charge on any atom is 0.257 e. The molecule has 0 spiro atoms. The van der Waals surface area contributed by atoms with Gasteiger partial charge in [-0.2, -0.15) is 0 Å². The molecule has 4 nitrogen and oxygen atoms in total. The standard InChI is InChI=1S/C21H13Cl2N3OS2/c22-13-7-5-12(6-8-13)19(27)26-21(28)25-16-10-9-14(23)11-15(16)20-24-17-3-1-2-4-18(17)29-20/h1-11H,(H2,25,26,27,28). The van der Waals surface area contributed by atoms with E-state index in [0.29, 0.717) is 21.3 Å². The van der Waals surface area contributed by atoms with Gasteiger partial charge in [-0.15, -0.1) is 11.3 Å². The molecule has 2 N–H and O–H groups in total. The van der Waals surface area contributed by atoms with Crippen LogP contribution in [0.2, 0.25) is 10.0 Å². The number of para-hydroxylation sites is 1. The van der Waals surface area contributed by atoms with E-state index in [0.717, 1.165) is 20.8 Å². The SMILES string of the molecule is O=C(NC(=S)Nc1ccc(Cl)cc1-c1nc2ccccc2s1)c1ccc(Cl)cc1. The fourth-order valence-corrected chi connectivity index (χ4v) is 4.22. The number of nitrogens with one attached hydrogen (secondary N) is 2. The monoisotopic (exact) mass is 457 g/mol. The molecular formula is C21H13Cl2N3OS2. The first-order chi connectivity index (χ1) is 14.0. The molecule has 8 heteroatoms. The van der Waals surface area contributed by atoms with Gasteiger partial charge >= 0.3 is 0 Å². The lowest BCUT2D eigenvalue weighted by Gasteiger charge is -2.13. The summed E-state index contributed by atoms with van der Waals surface area (Å²) in [6, 6.07) is 19.9. The van der Waals surface area contributed by atoms with Crippen LogP contribution in [0, 0.1) is 0 Å². The van der Waals surface area contributed by atoms with Crippen molar-refractivity contribution in [3.05, 3.63) is 82.3 Å². The molecule has 3 aromatic carbocycles. The Hall–Kier alpha value is -2.51. The number of thiazole rings is 1. The van der Waals surface area contributed by atoms with Crippen LogP contribution in [0.15, 0.2) is 66.7 Å². The van der Waals surface area contributed by atoms with Crippen molar-refractivity contribution in [2.45, 2.75) is 0 Å². The van der Waals surface area contributed by atoms with Crippen molar-refractivity contribution in [2.24, 2.45) is 0 Å². The zero-order valence-electron chi connectivity index (χ0n) is 14.8. The summed E-state index contributed by atoms with van der Waals surface area (Å²) in [5.41, 5.74) is 2.88. The first-order valence-corrected chi connectivity index (χ1v) is 10.5. The predicted octanol–water partition coefficient (Wildman–Crippen LogP) is 6.40. The van der Waals surface area contributed by atoms with Crippen LogP contribution in [0.25, 0.3) is 20.8 Å². The molecule has 0 radical (unpaired) electrons. The van der Waals surface area contributed by atoms with Crippen LogP contribution < -0.4 is 10.6 Å². The fraction of sp³-hybridized carbons (Fsp3) is 0. The van der Waals surface area contributed by atoms with Gasteiger partial charge < -0.3 is 5.32 Å². The highest BCUT2D eigenvalue weighted by Crippen LogP contribution is 2.36. The van der Waals surface area contributed by atoms with Crippen LogP contribution in [0.4, 0.5) is 5.69 Å². The third-order valence-corrected chi connectivity index (χ3v) is 5.85. The van der Waals surface area contributed by atoms with E-state index in [2.05, 4.69) is 15.6 Å². The van der Waals surface area contributed by atoms with Gasteiger partial charge in [0.15, 0.2) is 5.11 Å². The Morgan fingerprint density at radius 1 is 0.966 bits per heavy atom. The zero-order chi connectivity index (χ0) is 20.4. The number of anilines is 1. The lowest BCUT2D eigenvalue weighted by molar-refractivity contribution is 0.0978. The van der Waals surface area contributed by atoms with E-state index in [9.17, 15) is 4.79 Å². The highest BCUT2D eigenvalue weighted by atomic mass is 35.5. The van der Waals surface area contributed by atoms with Gasteiger partial charge in [0.25, 0.3) is 5.91 Å². The maximum absolute atomic E-state index is 12.4. The number of carbonyl (C=O) groups is 1. The van der Waals surface area contributed by atoms with Crippen molar-refractivity contribution in [1.29, 1.82) is 0 Å². The van der Waals surface area contributed by atoms with Crippen molar-refractivity contribution in [3.8, 4) is 10.6 Å². The van der Waals surface area contributed by atoms with Gasteiger partial charge in [0, 0.05) is 21.2 Å². The summed E-state index contributed by atoms with van der Waals surface area (Å²) in [6.45, 7) is 0. The molecule has 144 valence electrons. The van der Waals surface area contributed by atoms with Gasteiger partial charge in [0.2, 0.25) is 0 Å². The first kappa shape index (κ1) is 19.8. The van der Waals surface area contributed by atoms with Crippen LogP contribution in [0.5, 0.6) is 0 Å². The second-order valence-corrected chi connectivity index (χ2v) is 8.40. The molecule has 0 aliphatic rings. The van der Waals surface area contributed by atoms with Gasteiger partial charge in [-0.05, 0) is 66.8 Å². The molecule has 0 bridgehead atoms. The first-order valence-electron chi connectivity index (χ1n) is 8.53. The fourth-order valence-electron chi connectivity index (χ4n) is 2.72. The van der Waals surface area contributed by atoms with Gasteiger partial charge in [0.1, 0.15) is 5.01 Å². The number of halogens is 2. The van der Waals surface area contributed by atoms with Gasteiger partial charge in [-0.25, -0.2) is 4.98 Å². The highest BCUT2D eigenvalue weighted by molar-refractivity contribution is 7.80. The van der Waals surface area contributed by atoms with Crippen molar-refractivity contribution in [3.63, 3.8) is 0 Å². The number of carbonyl (C=O) groups excluding carboxylic acids is 1. The van der Waals surface area contributed by atoms with Crippen LogP contribution in [-0.2, 0) is 0 Å². The molecule has 0 aliphatic carbocycles. The van der Waals surface area contributed by atoms with E-state index in [1.807, 2.05) is 36.4 Å². The minimum atomic E-state index is -0.324. The van der Waals surface area contributed by atoms with Gasteiger partial charge in [-0.1, -0.05) is 35.3 Å². The van der Waals surface area contributed by atoms with E-state index < -0.39 is 0 Å². The molecule has 1 aromatic heterocycles. The number of rotatable bonds is 3. The molecule has 1 amide bonds. The zero-order valence-corrected chi connectivity index (χ0v) is 17.9. The molecule has 0 unspecified atom stereocenters. The number of aromatic nitrogens is 1. The summed E-state index contributed by atoms with van der Waals surface area (Å²) in [5.74, 6) is -0.324. The Bertz CT molecular complexity index is 1190. The van der Waals surface area contributed by atoms with Crippen molar-refractivity contribution >= 4 is 73.7 Å². The molecule has 0 saturated heterocycles. The molecule has 0 aliphatic heterocycles. The Kier molecular flexibility index (Phi) is 5.78. The van der Waals surface area contributed by atoms with Gasteiger partial charge in [0.05, 0.1) is 15.9 Å². The second-order valence-electron chi connectivity index (χ2n) is 6.09. The normalized spacial score (nSPS) is 10.7. The molecule has 0 saturated carbocycles. The summed E-state index contributed by atoms with van der Waals surface area (Å²) in [5, 5.41) is 7.87. The summed E-state index contributed by atoms with van der Waals surface area (Å²) in [4.78, 5) is 17.1. The van der Waals surface area contributed by atoms with Crippen molar-refractivity contribution < 1.29 is 4.79 Å². The van der Waals surface area contributed by atoms with Crippen LogP contribution >= 0.6 is 46.8 Å². The summed E-state index contributed by atoms with van der Waals surface area (Å²) < 4.78 is 1.08. The van der Waals surface area contributed by atoms with Crippen LogP contribution in [0.1, 0.15) is 10.4 Å². The lowest BCUT2D eigenvalue weighted by Crippen LogP contribution is -2.34. The second kappa shape index (κ2) is 8.47. The maximum atomic E-state index is 12.4. The summed E-state index contributed by atoms with van der Waals surface area (Å²) in [6.07, 6.45) is 0. The van der Waals surface area contributed by atoms with Crippen LogP contribution in [0.3, 0.4) is 0 Å². The average Bonchev–Trinajstić information content (AvgIpc) is 3.14. The minimum absolute atomic E-state index is 0.176. The topological polar surface area (TPSA) is 54.0 Å². The van der Waals surface area contributed by atoms with E-state index in [4.69, 9.17) is 35.4 Å². The van der Waals surface area contributed by atoms with E-state index in [1.54, 1.807) is 41.7 Å². The van der Waals surface area contributed by atoms with Crippen LogP contribution in [-0.4, -0.2) is 16.0 Å². The molecule has 1 heterocycles. The van der Waals surface area contributed by atoms with E-state index >= 15 is 0 Å². The number of thiocarbonyl (C=S) groups is 1.